The summed E-state index contributed by atoms with van der Waals surface area (Å²) < 4.78 is 0. The Morgan fingerprint density at radius 3 is 2.41 bits per heavy atom. The molecule has 1 N–H and O–H groups in total. The Balaban J connectivity index is 2.79. The number of hydrogen-bond donors (Lipinski definition) is 1. The average molecular weight is 229 g/mol. The number of hydrogen-bond acceptors (Lipinski definition) is 3. The van der Waals surface area contributed by atoms with Crippen molar-refractivity contribution in [1.29, 1.82) is 5.26 Å². The first kappa shape index (κ1) is 12.8. The molecule has 1 aromatic carbocycles. The molecule has 0 fully saturated rings. The summed E-state index contributed by atoms with van der Waals surface area (Å²) >= 11 is 0. The molecule has 88 valence electrons. The zero-order valence-corrected chi connectivity index (χ0v) is 10.2. The molecule has 0 unspecified atom stereocenters. The summed E-state index contributed by atoms with van der Waals surface area (Å²) in [6, 6.07) is 9.28. The number of nitrogens with zero attached hydrogens (tertiary/aromatic N) is 2. The van der Waals surface area contributed by atoms with Crippen molar-refractivity contribution in [2.45, 2.75) is 6.92 Å². The highest BCUT2D eigenvalue weighted by Crippen LogP contribution is 2.10. The highest BCUT2D eigenvalue weighted by Gasteiger charge is 2.09. The molecular weight excluding hydrogens is 214 g/mol. The number of amides is 1. The minimum Gasteiger partial charge on any atom is -0.382 e. The van der Waals surface area contributed by atoms with E-state index in [1.165, 1.54) is 6.20 Å². The summed E-state index contributed by atoms with van der Waals surface area (Å²) in [6.45, 7) is 1.97. The molecule has 17 heavy (non-hydrogen) atoms. The summed E-state index contributed by atoms with van der Waals surface area (Å²) in [5, 5.41) is 11.5. The lowest BCUT2D eigenvalue weighted by Crippen LogP contribution is -2.16. The molecule has 0 bridgehead atoms. The molecule has 1 amide bonds. The van der Waals surface area contributed by atoms with E-state index in [0.29, 0.717) is 5.69 Å². The van der Waals surface area contributed by atoms with Crippen molar-refractivity contribution >= 4 is 11.6 Å². The van der Waals surface area contributed by atoms with Crippen LogP contribution in [0.3, 0.4) is 0 Å². The fourth-order valence-electron chi connectivity index (χ4n) is 1.23. The van der Waals surface area contributed by atoms with Gasteiger partial charge in [0, 0.05) is 26.0 Å². The first-order chi connectivity index (χ1) is 8.02. The maximum atomic E-state index is 11.7. The molecule has 1 aromatic rings. The van der Waals surface area contributed by atoms with Crippen LogP contribution >= 0.6 is 0 Å². The van der Waals surface area contributed by atoms with Gasteiger partial charge in [-0.3, -0.25) is 4.79 Å². The van der Waals surface area contributed by atoms with Crippen molar-refractivity contribution in [2.24, 2.45) is 0 Å². The molecule has 0 saturated carbocycles. The smallest absolute Gasteiger partial charge is 0.267 e. The number of carbonyl (C=O) groups excluding carboxylic acids is 1. The van der Waals surface area contributed by atoms with Crippen molar-refractivity contribution in [3.63, 3.8) is 0 Å². The highest BCUT2D eigenvalue weighted by molar-refractivity contribution is 6.06. The van der Waals surface area contributed by atoms with Crippen LogP contribution in [0.1, 0.15) is 5.56 Å². The second-order valence-corrected chi connectivity index (χ2v) is 3.94. The maximum Gasteiger partial charge on any atom is 0.267 e. The lowest BCUT2D eigenvalue weighted by Gasteiger charge is -2.07. The zero-order chi connectivity index (χ0) is 12.8. The molecule has 0 saturated heterocycles. The van der Waals surface area contributed by atoms with Crippen molar-refractivity contribution in [3.8, 4) is 6.07 Å². The lowest BCUT2D eigenvalue weighted by atomic mass is 10.2. The summed E-state index contributed by atoms with van der Waals surface area (Å²) in [7, 11) is 3.52. The van der Waals surface area contributed by atoms with Crippen LogP contribution in [0.15, 0.2) is 36.0 Å². The molecule has 0 atom stereocenters. The van der Waals surface area contributed by atoms with Crippen LogP contribution < -0.4 is 5.32 Å². The summed E-state index contributed by atoms with van der Waals surface area (Å²) in [6.07, 6.45) is 1.49. The molecule has 0 heterocycles. The average Bonchev–Trinajstić information content (AvgIpc) is 2.28. The van der Waals surface area contributed by atoms with Crippen molar-refractivity contribution < 1.29 is 4.79 Å². The Morgan fingerprint density at radius 1 is 1.35 bits per heavy atom. The quantitative estimate of drug-likeness (QED) is 0.636. The van der Waals surface area contributed by atoms with Gasteiger partial charge in [0.25, 0.3) is 5.91 Å². The van der Waals surface area contributed by atoms with Crippen LogP contribution in [0.5, 0.6) is 0 Å². The highest BCUT2D eigenvalue weighted by atomic mass is 16.1. The van der Waals surface area contributed by atoms with Crippen molar-refractivity contribution in [1.82, 2.24) is 4.90 Å². The predicted octanol–water partition coefficient (Wildman–Crippen LogP) is 1.90. The molecule has 0 aliphatic carbocycles. The largest absolute Gasteiger partial charge is 0.382 e. The van der Waals surface area contributed by atoms with Crippen LogP contribution in [-0.2, 0) is 4.79 Å². The van der Waals surface area contributed by atoms with Crippen LogP contribution in [0.4, 0.5) is 5.69 Å². The molecule has 0 spiro atoms. The van der Waals surface area contributed by atoms with Crippen molar-refractivity contribution in [2.75, 3.05) is 19.4 Å². The topological polar surface area (TPSA) is 56.1 Å². The third-order valence-corrected chi connectivity index (χ3v) is 2.06. The van der Waals surface area contributed by atoms with E-state index in [1.807, 2.05) is 25.1 Å². The number of anilines is 1. The second kappa shape index (κ2) is 5.71. The van der Waals surface area contributed by atoms with Gasteiger partial charge in [-0.1, -0.05) is 17.7 Å². The molecular formula is C13H15N3O. The van der Waals surface area contributed by atoms with Gasteiger partial charge in [0.05, 0.1) is 0 Å². The third-order valence-electron chi connectivity index (χ3n) is 2.06. The van der Waals surface area contributed by atoms with Gasteiger partial charge in [0.2, 0.25) is 0 Å². The van der Waals surface area contributed by atoms with E-state index in [9.17, 15) is 4.79 Å². The molecule has 4 nitrogen and oxygen atoms in total. The maximum absolute atomic E-state index is 11.7. The van der Waals surface area contributed by atoms with Crippen LogP contribution in [0, 0.1) is 18.3 Å². The third kappa shape index (κ3) is 3.99. The molecule has 1 rings (SSSR count). The standard InChI is InChI=1S/C13H15N3O/c1-10-4-6-12(7-5-10)15-13(17)11(8-14)9-16(2)3/h4-7,9H,1-3H3,(H,15,17)/b11-9+. The Labute approximate surface area is 101 Å². The van der Waals surface area contributed by atoms with Gasteiger partial charge in [0.1, 0.15) is 11.6 Å². The SMILES string of the molecule is Cc1ccc(NC(=O)/C(C#N)=C/N(C)C)cc1. The molecule has 0 radical (unpaired) electrons. The summed E-state index contributed by atoms with van der Waals surface area (Å²) in [4.78, 5) is 13.4. The number of carbonyl (C=O) groups is 1. The van der Waals surface area contributed by atoms with E-state index in [1.54, 1.807) is 31.1 Å². The van der Waals surface area contributed by atoms with Gasteiger partial charge in [-0.25, -0.2) is 0 Å². The molecule has 0 aliphatic heterocycles. The van der Waals surface area contributed by atoms with Gasteiger partial charge in [-0.15, -0.1) is 0 Å². The summed E-state index contributed by atoms with van der Waals surface area (Å²) in [5.74, 6) is -0.398. The number of nitriles is 1. The Kier molecular flexibility index (Phi) is 4.29. The van der Waals surface area contributed by atoms with Gasteiger partial charge in [-0.05, 0) is 19.1 Å². The molecule has 0 aromatic heterocycles. The predicted molar refractivity (Wildman–Crippen MR) is 67.2 cm³/mol. The first-order valence-electron chi connectivity index (χ1n) is 5.19. The minimum atomic E-state index is -0.398. The van der Waals surface area contributed by atoms with E-state index in [0.717, 1.165) is 5.56 Å². The zero-order valence-electron chi connectivity index (χ0n) is 10.2. The monoisotopic (exact) mass is 229 g/mol. The van der Waals surface area contributed by atoms with Crippen molar-refractivity contribution in [3.05, 3.63) is 41.6 Å². The van der Waals surface area contributed by atoms with Gasteiger partial charge in [-0.2, -0.15) is 5.26 Å². The molecule has 4 heteroatoms. The molecule has 0 aliphatic rings. The number of benzene rings is 1. The van der Waals surface area contributed by atoms with Gasteiger partial charge < -0.3 is 10.2 Å². The van der Waals surface area contributed by atoms with Gasteiger partial charge in [0.15, 0.2) is 0 Å². The van der Waals surface area contributed by atoms with E-state index in [4.69, 9.17) is 5.26 Å². The Morgan fingerprint density at radius 2 is 1.94 bits per heavy atom. The van der Waals surface area contributed by atoms with E-state index < -0.39 is 5.91 Å². The normalized spacial score (nSPS) is 10.6. The Bertz CT molecular complexity index is 466. The second-order valence-electron chi connectivity index (χ2n) is 3.94. The fourth-order valence-corrected chi connectivity index (χ4v) is 1.23. The van der Waals surface area contributed by atoms with E-state index >= 15 is 0 Å². The number of rotatable bonds is 3. The van der Waals surface area contributed by atoms with E-state index in [2.05, 4.69) is 5.32 Å². The first-order valence-corrected chi connectivity index (χ1v) is 5.19. The fraction of sp³-hybridized carbons (Fsp3) is 0.231. The number of aryl methyl sites for hydroxylation is 1. The van der Waals surface area contributed by atoms with E-state index in [-0.39, 0.29) is 5.57 Å². The summed E-state index contributed by atoms with van der Waals surface area (Å²) in [5.41, 5.74) is 1.88. The Hall–Kier alpha value is -2.28. The van der Waals surface area contributed by atoms with Crippen LogP contribution in [-0.4, -0.2) is 24.9 Å². The van der Waals surface area contributed by atoms with Crippen LogP contribution in [0.2, 0.25) is 0 Å². The number of nitrogens with one attached hydrogen (secondary N) is 1. The minimum absolute atomic E-state index is 0.0792. The lowest BCUT2D eigenvalue weighted by molar-refractivity contribution is -0.112. The van der Waals surface area contributed by atoms with Gasteiger partial charge >= 0.3 is 0 Å². The van der Waals surface area contributed by atoms with Crippen LogP contribution in [0.25, 0.3) is 0 Å².